The Kier molecular flexibility index (Phi) is 5.03. The molecule has 2 aliphatic heterocycles. The van der Waals surface area contributed by atoms with E-state index in [0.29, 0.717) is 13.1 Å². The van der Waals surface area contributed by atoms with E-state index >= 15 is 0 Å². The van der Waals surface area contributed by atoms with Crippen LogP contribution in [0.1, 0.15) is 12.0 Å². The lowest BCUT2D eigenvalue weighted by Crippen LogP contribution is -2.46. The van der Waals surface area contributed by atoms with E-state index in [0.717, 1.165) is 37.6 Å². The SMILES string of the molecule is O=C1NC[C@H](C(=O)N2CCCN(Cc3ccc(Cl)cc3)CC2)N1. The molecule has 3 amide bonds. The summed E-state index contributed by atoms with van der Waals surface area (Å²) >= 11 is 5.91. The number of hydrogen-bond donors (Lipinski definition) is 2. The Hall–Kier alpha value is -1.79. The maximum Gasteiger partial charge on any atom is 0.315 e. The molecule has 2 aliphatic rings. The van der Waals surface area contributed by atoms with E-state index in [4.69, 9.17) is 11.6 Å². The molecule has 0 unspecified atom stereocenters. The number of amides is 3. The zero-order valence-electron chi connectivity index (χ0n) is 12.9. The molecule has 1 aromatic carbocycles. The number of benzene rings is 1. The van der Waals surface area contributed by atoms with E-state index in [1.54, 1.807) is 0 Å². The Balaban J connectivity index is 1.53. The highest BCUT2D eigenvalue weighted by Gasteiger charge is 2.31. The fraction of sp³-hybridized carbons (Fsp3) is 0.500. The first-order chi connectivity index (χ1) is 11.1. The second kappa shape index (κ2) is 7.19. The van der Waals surface area contributed by atoms with Crippen molar-refractivity contribution >= 4 is 23.5 Å². The zero-order chi connectivity index (χ0) is 16.2. The van der Waals surface area contributed by atoms with Crippen LogP contribution in [0.3, 0.4) is 0 Å². The van der Waals surface area contributed by atoms with Crippen LogP contribution in [-0.4, -0.2) is 60.5 Å². The zero-order valence-corrected chi connectivity index (χ0v) is 13.7. The molecule has 23 heavy (non-hydrogen) atoms. The Labute approximate surface area is 140 Å². The summed E-state index contributed by atoms with van der Waals surface area (Å²) in [5.41, 5.74) is 1.22. The van der Waals surface area contributed by atoms with Gasteiger partial charge in [-0.15, -0.1) is 0 Å². The van der Waals surface area contributed by atoms with E-state index in [2.05, 4.69) is 15.5 Å². The normalized spacial score (nSPS) is 22.4. The van der Waals surface area contributed by atoms with Crippen molar-refractivity contribution in [2.75, 3.05) is 32.7 Å². The van der Waals surface area contributed by atoms with Gasteiger partial charge in [-0.25, -0.2) is 4.79 Å². The van der Waals surface area contributed by atoms with Crippen molar-refractivity contribution in [2.45, 2.75) is 19.0 Å². The summed E-state index contributed by atoms with van der Waals surface area (Å²) in [7, 11) is 0. The van der Waals surface area contributed by atoms with Crippen molar-refractivity contribution in [1.29, 1.82) is 0 Å². The third-order valence-electron chi connectivity index (χ3n) is 4.29. The van der Waals surface area contributed by atoms with Crippen LogP contribution < -0.4 is 10.6 Å². The van der Waals surface area contributed by atoms with E-state index in [1.165, 1.54) is 5.56 Å². The van der Waals surface area contributed by atoms with Crippen molar-refractivity contribution in [3.05, 3.63) is 34.9 Å². The number of carbonyl (C=O) groups excluding carboxylic acids is 2. The summed E-state index contributed by atoms with van der Waals surface area (Å²) in [4.78, 5) is 27.8. The van der Waals surface area contributed by atoms with E-state index < -0.39 is 6.04 Å². The van der Waals surface area contributed by atoms with Crippen LogP contribution in [0.2, 0.25) is 5.02 Å². The molecule has 2 heterocycles. The van der Waals surface area contributed by atoms with Gasteiger partial charge >= 0.3 is 6.03 Å². The highest BCUT2D eigenvalue weighted by molar-refractivity contribution is 6.30. The van der Waals surface area contributed by atoms with E-state index in [-0.39, 0.29) is 11.9 Å². The molecule has 2 fully saturated rings. The number of urea groups is 1. The van der Waals surface area contributed by atoms with Crippen LogP contribution in [0, 0.1) is 0 Å². The van der Waals surface area contributed by atoms with Crippen molar-refractivity contribution in [1.82, 2.24) is 20.4 Å². The quantitative estimate of drug-likeness (QED) is 0.867. The van der Waals surface area contributed by atoms with Gasteiger partial charge in [0.2, 0.25) is 5.91 Å². The Bertz CT molecular complexity index is 578. The third kappa shape index (κ3) is 4.14. The average Bonchev–Trinajstić information content (AvgIpc) is 2.84. The van der Waals surface area contributed by atoms with Gasteiger partial charge in [0.05, 0.1) is 0 Å². The van der Waals surface area contributed by atoms with Gasteiger partial charge in [0.15, 0.2) is 0 Å². The maximum atomic E-state index is 12.4. The lowest BCUT2D eigenvalue weighted by atomic mass is 10.2. The molecule has 2 N–H and O–H groups in total. The number of halogens is 1. The van der Waals surface area contributed by atoms with Crippen LogP contribution in [0.4, 0.5) is 4.79 Å². The second-order valence-electron chi connectivity index (χ2n) is 5.99. The molecule has 7 heteroatoms. The summed E-state index contributed by atoms with van der Waals surface area (Å²) in [5.74, 6) is 0.0108. The van der Waals surface area contributed by atoms with Crippen molar-refractivity contribution < 1.29 is 9.59 Å². The second-order valence-corrected chi connectivity index (χ2v) is 6.42. The first-order valence-electron chi connectivity index (χ1n) is 7.92. The molecule has 1 aromatic rings. The van der Waals surface area contributed by atoms with Gasteiger partial charge in [-0.2, -0.15) is 0 Å². The van der Waals surface area contributed by atoms with Crippen LogP contribution in [0.25, 0.3) is 0 Å². The molecule has 0 aliphatic carbocycles. The van der Waals surface area contributed by atoms with Gasteiger partial charge in [0, 0.05) is 44.3 Å². The van der Waals surface area contributed by atoms with Crippen LogP contribution in [-0.2, 0) is 11.3 Å². The molecule has 0 aromatic heterocycles. The van der Waals surface area contributed by atoms with Gasteiger partial charge < -0.3 is 15.5 Å². The standard InChI is InChI=1S/C16H21ClN4O2/c17-13-4-2-12(3-5-13)11-20-6-1-7-21(9-8-20)15(22)14-10-18-16(23)19-14/h2-5,14H,1,6-11H2,(H2,18,19,23)/t14-/m1/s1. The first-order valence-corrected chi connectivity index (χ1v) is 8.29. The highest BCUT2D eigenvalue weighted by Crippen LogP contribution is 2.13. The van der Waals surface area contributed by atoms with Gasteiger partial charge in [0.25, 0.3) is 0 Å². The molecule has 0 bridgehead atoms. The van der Waals surface area contributed by atoms with Crippen LogP contribution >= 0.6 is 11.6 Å². The molecular formula is C16H21ClN4O2. The summed E-state index contributed by atoms with van der Waals surface area (Å²) in [6.45, 7) is 4.47. The topological polar surface area (TPSA) is 64.7 Å². The molecule has 0 saturated carbocycles. The first kappa shape index (κ1) is 16.1. The van der Waals surface area contributed by atoms with Crippen molar-refractivity contribution in [2.24, 2.45) is 0 Å². The number of rotatable bonds is 3. The highest BCUT2D eigenvalue weighted by atomic mass is 35.5. The Morgan fingerprint density at radius 2 is 1.96 bits per heavy atom. The molecule has 1 atom stereocenters. The Morgan fingerprint density at radius 1 is 1.17 bits per heavy atom. The van der Waals surface area contributed by atoms with Crippen molar-refractivity contribution in [3.8, 4) is 0 Å². The molecule has 2 saturated heterocycles. The molecular weight excluding hydrogens is 316 g/mol. The fourth-order valence-corrected chi connectivity index (χ4v) is 3.15. The number of carbonyl (C=O) groups is 2. The van der Waals surface area contributed by atoms with Crippen LogP contribution in [0.15, 0.2) is 24.3 Å². The lowest BCUT2D eigenvalue weighted by molar-refractivity contribution is -0.132. The van der Waals surface area contributed by atoms with Crippen molar-refractivity contribution in [3.63, 3.8) is 0 Å². The van der Waals surface area contributed by atoms with Gasteiger partial charge in [-0.05, 0) is 24.1 Å². The monoisotopic (exact) mass is 336 g/mol. The van der Waals surface area contributed by atoms with Gasteiger partial charge in [0.1, 0.15) is 6.04 Å². The maximum absolute atomic E-state index is 12.4. The summed E-state index contributed by atoms with van der Waals surface area (Å²) in [6.07, 6.45) is 0.938. The average molecular weight is 337 g/mol. The molecule has 0 radical (unpaired) electrons. The predicted octanol–water partition coefficient (Wildman–Crippen LogP) is 1.06. The fourth-order valence-electron chi connectivity index (χ4n) is 3.02. The van der Waals surface area contributed by atoms with Crippen LogP contribution in [0.5, 0.6) is 0 Å². The number of hydrogen-bond acceptors (Lipinski definition) is 3. The predicted molar refractivity (Wildman–Crippen MR) is 88.2 cm³/mol. The smallest absolute Gasteiger partial charge is 0.315 e. The largest absolute Gasteiger partial charge is 0.340 e. The molecule has 0 spiro atoms. The summed E-state index contributed by atoms with van der Waals surface area (Å²) in [5, 5.41) is 6.04. The molecule has 6 nitrogen and oxygen atoms in total. The molecule has 3 rings (SSSR count). The summed E-state index contributed by atoms with van der Waals surface area (Å²) < 4.78 is 0. The van der Waals surface area contributed by atoms with E-state index in [9.17, 15) is 9.59 Å². The number of nitrogens with one attached hydrogen (secondary N) is 2. The minimum Gasteiger partial charge on any atom is -0.340 e. The van der Waals surface area contributed by atoms with E-state index in [1.807, 2.05) is 29.2 Å². The number of nitrogens with zero attached hydrogens (tertiary/aromatic N) is 2. The van der Waals surface area contributed by atoms with Gasteiger partial charge in [-0.1, -0.05) is 23.7 Å². The Morgan fingerprint density at radius 3 is 2.65 bits per heavy atom. The lowest BCUT2D eigenvalue weighted by Gasteiger charge is -2.24. The third-order valence-corrected chi connectivity index (χ3v) is 4.54. The van der Waals surface area contributed by atoms with Gasteiger partial charge in [-0.3, -0.25) is 9.69 Å². The minimum atomic E-state index is -0.426. The minimum absolute atomic E-state index is 0.0108. The summed E-state index contributed by atoms with van der Waals surface area (Å²) in [6, 6.07) is 7.19. The molecule has 124 valence electrons.